The van der Waals surface area contributed by atoms with Gasteiger partial charge >= 0.3 is 0 Å². The molecule has 0 heterocycles. The van der Waals surface area contributed by atoms with Crippen LogP contribution in [0.5, 0.6) is 0 Å². The molecule has 1 rings (SSSR count). The molecule has 0 fully saturated rings. The van der Waals surface area contributed by atoms with Gasteiger partial charge in [0.15, 0.2) is 0 Å². The molecule has 3 radical (unpaired) electrons. The summed E-state index contributed by atoms with van der Waals surface area (Å²) in [5.74, 6) is 0. The van der Waals surface area contributed by atoms with Crippen molar-refractivity contribution in [2.45, 2.75) is 20.8 Å². The van der Waals surface area contributed by atoms with Crippen LogP contribution in [0, 0.1) is 20.8 Å². The molecule has 10 heavy (non-hydrogen) atoms. The number of hydrogen-bond donors (Lipinski definition) is 0. The monoisotopic (exact) mass is 131 g/mol. The molecular weight excluding hydrogens is 119 g/mol. The predicted octanol–water partition coefficient (Wildman–Crippen LogP) is 2.23. The first-order valence-electron chi connectivity index (χ1n) is 3.24. The van der Waals surface area contributed by atoms with E-state index in [0.717, 1.165) is 0 Å². The lowest BCUT2D eigenvalue weighted by atomic mass is 10.1. The molecule has 1 aromatic rings. The Hall–Kier alpha value is -0.715. The van der Waals surface area contributed by atoms with Crippen molar-refractivity contribution in [3.63, 3.8) is 0 Å². The summed E-state index contributed by atoms with van der Waals surface area (Å²) in [5.41, 5.74) is 4.11. The van der Waals surface area contributed by atoms with Crippen molar-refractivity contribution in [2.75, 3.05) is 0 Å². The summed E-state index contributed by atoms with van der Waals surface area (Å²) in [6.45, 7) is 6.39. The van der Waals surface area contributed by atoms with Gasteiger partial charge in [0.1, 0.15) is 0 Å². The fourth-order valence-electron chi connectivity index (χ4n) is 0.891. The molecule has 0 nitrogen and oxygen atoms in total. The summed E-state index contributed by atoms with van der Waals surface area (Å²) in [4.78, 5) is 0. The lowest BCUT2D eigenvalue weighted by Gasteiger charge is -1.98. The van der Waals surface area contributed by atoms with Crippen molar-refractivity contribution in [2.24, 2.45) is 0 Å². The van der Waals surface area contributed by atoms with Crippen LogP contribution in [0.3, 0.4) is 0 Å². The number of aryl methyl sites for hydroxylation is 3. The van der Waals surface area contributed by atoms with E-state index in [9.17, 15) is 0 Å². The summed E-state index contributed by atoms with van der Waals surface area (Å²) >= 11 is 0. The first-order chi connectivity index (χ1) is 4.20. The number of hydrogen-bond acceptors (Lipinski definition) is 0. The Morgan fingerprint density at radius 3 is 1.90 bits per heavy atom. The minimum atomic E-state index is 0. The molecule has 1 heteroatoms. The average molecular weight is 131 g/mol. The third kappa shape index (κ3) is 1.91. The van der Waals surface area contributed by atoms with Gasteiger partial charge in [-0.25, -0.2) is 0 Å². The number of benzene rings is 1. The van der Waals surface area contributed by atoms with E-state index >= 15 is 0 Å². The van der Waals surface area contributed by atoms with Crippen molar-refractivity contribution in [3.05, 3.63) is 34.9 Å². The fraction of sp³-hybridized carbons (Fsp3) is 0.333. The van der Waals surface area contributed by atoms with E-state index in [1.54, 1.807) is 0 Å². The molecule has 0 aliphatic carbocycles. The van der Waals surface area contributed by atoms with E-state index < -0.39 is 0 Å². The summed E-state index contributed by atoms with van der Waals surface area (Å²) in [6, 6.07) is 6.50. The largest absolute Gasteiger partial charge is 0.0590 e. The Kier molecular flexibility index (Phi) is 3.21. The van der Waals surface area contributed by atoms with Crippen molar-refractivity contribution in [1.29, 1.82) is 0 Å². The Morgan fingerprint density at radius 2 is 1.50 bits per heavy atom. The maximum absolute atomic E-state index is 2.20. The molecule has 0 aromatic heterocycles. The summed E-state index contributed by atoms with van der Waals surface area (Å²) < 4.78 is 0. The molecule has 0 bridgehead atoms. The SMILES string of the molecule is Cc1ccc(C)c(C)c1.[B]. The standard InChI is InChI=1S/C9H12.B/c1-7-4-5-8(2)9(3)6-7;/h4-6H,1-3H3;. The molecule has 0 aliphatic heterocycles. The highest BCUT2D eigenvalue weighted by atomic mass is 13.9. The minimum absolute atomic E-state index is 0. The van der Waals surface area contributed by atoms with E-state index in [2.05, 4.69) is 39.0 Å². The first-order valence-corrected chi connectivity index (χ1v) is 3.24. The van der Waals surface area contributed by atoms with E-state index in [1.807, 2.05) is 0 Å². The predicted molar refractivity (Wildman–Crippen MR) is 46.4 cm³/mol. The average Bonchev–Trinajstić information content (AvgIpc) is 1.80. The van der Waals surface area contributed by atoms with Crippen molar-refractivity contribution >= 4 is 8.41 Å². The summed E-state index contributed by atoms with van der Waals surface area (Å²) in [5, 5.41) is 0. The van der Waals surface area contributed by atoms with Gasteiger partial charge < -0.3 is 0 Å². The molecule has 0 N–H and O–H groups in total. The first kappa shape index (κ1) is 9.28. The second-order valence-electron chi connectivity index (χ2n) is 2.59. The van der Waals surface area contributed by atoms with Crippen LogP contribution in [0.2, 0.25) is 0 Å². The van der Waals surface area contributed by atoms with Gasteiger partial charge in [-0.05, 0) is 31.9 Å². The van der Waals surface area contributed by atoms with E-state index in [0.29, 0.717) is 0 Å². The Labute approximate surface area is 64.8 Å². The molecular formula is C9H12B. The highest BCUT2D eigenvalue weighted by Crippen LogP contribution is 2.07. The molecule has 0 atom stereocenters. The smallest absolute Gasteiger partial charge is 0 e. The molecule has 0 amide bonds. The zero-order valence-electron chi connectivity index (χ0n) is 6.81. The third-order valence-electron chi connectivity index (χ3n) is 1.66. The summed E-state index contributed by atoms with van der Waals surface area (Å²) in [6.07, 6.45) is 0. The van der Waals surface area contributed by atoms with Gasteiger partial charge in [0.2, 0.25) is 0 Å². The Bertz CT molecular complexity index is 216. The van der Waals surface area contributed by atoms with E-state index in [-0.39, 0.29) is 8.41 Å². The maximum Gasteiger partial charge on any atom is 0 e. The highest BCUT2D eigenvalue weighted by molar-refractivity contribution is 5.75. The van der Waals surface area contributed by atoms with Crippen molar-refractivity contribution in [1.82, 2.24) is 0 Å². The third-order valence-corrected chi connectivity index (χ3v) is 1.66. The fourth-order valence-corrected chi connectivity index (χ4v) is 0.891. The molecule has 0 saturated carbocycles. The lowest BCUT2D eigenvalue weighted by molar-refractivity contribution is 1.30. The van der Waals surface area contributed by atoms with Crippen molar-refractivity contribution in [3.8, 4) is 0 Å². The van der Waals surface area contributed by atoms with Crippen LogP contribution in [-0.2, 0) is 0 Å². The summed E-state index contributed by atoms with van der Waals surface area (Å²) in [7, 11) is 0. The molecule has 0 spiro atoms. The zero-order valence-corrected chi connectivity index (χ0v) is 6.81. The Balaban J connectivity index is 0.000000810. The van der Waals surface area contributed by atoms with E-state index in [4.69, 9.17) is 0 Å². The van der Waals surface area contributed by atoms with Gasteiger partial charge in [0, 0.05) is 8.41 Å². The highest BCUT2D eigenvalue weighted by Gasteiger charge is 1.89. The van der Waals surface area contributed by atoms with E-state index in [1.165, 1.54) is 16.7 Å². The van der Waals surface area contributed by atoms with Gasteiger partial charge in [0.25, 0.3) is 0 Å². The topological polar surface area (TPSA) is 0 Å². The van der Waals surface area contributed by atoms with Crippen molar-refractivity contribution < 1.29 is 0 Å². The molecule has 51 valence electrons. The molecule has 0 saturated heterocycles. The van der Waals surface area contributed by atoms with Crippen LogP contribution in [0.15, 0.2) is 18.2 Å². The van der Waals surface area contributed by atoms with Crippen LogP contribution >= 0.6 is 0 Å². The lowest BCUT2D eigenvalue weighted by Crippen LogP contribution is -1.79. The van der Waals surface area contributed by atoms with Crippen LogP contribution in [0.25, 0.3) is 0 Å². The van der Waals surface area contributed by atoms with Crippen LogP contribution in [0.4, 0.5) is 0 Å². The zero-order chi connectivity index (χ0) is 6.85. The second-order valence-corrected chi connectivity index (χ2v) is 2.59. The van der Waals surface area contributed by atoms with Crippen LogP contribution in [0.1, 0.15) is 16.7 Å². The molecule has 0 unspecified atom stereocenters. The Morgan fingerprint density at radius 1 is 0.900 bits per heavy atom. The van der Waals surface area contributed by atoms with Gasteiger partial charge in [0.05, 0.1) is 0 Å². The van der Waals surface area contributed by atoms with Crippen LogP contribution in [-0.4, -0.2) is 8.41 Å². The molecule has 1 aromatic carbocycles. The number of rotatable bonds is 0. The minimum Gasteiger partial charge on any atom is -0.0590 e. The van der Waals surface area contributed by atoms with Gasteiger partial charge in [-0.1, -0.05) is 23.8 Å². The quantitative estimate of drug-likeness (QED) is 0.473. The van der Waals surface area contributed by atoms with Gasteiger partial charge in [-0.3, -0.25) is 0 Å². The second kappa shape index (κ2) is 3.45. The molecule has 0 aliphatic rings. The van der Waals surface area contributed by atoms with Gasteiger partial charge in [-0.15, -0.1) is 0 Å². The normalized spacial score (nSPS) is 8.70. The maximum atomic E-state index is 2.20. The van der Waals surface area contributed by atoms with Gasteiger partial charge in [-0.2, -0.15) is 0 Å². The van der Waals surface area contributed by atoms with Crippen LogP contribution < -0.4 is 0 Å².